The van der Waals surface area contributed by atoms with E-state index in [1.165, 1.54) is 12.1 Å². The van der Waals surface area contributed by atoms with E-state index in [0.717, 1.165) is 11.0 Å². The van der Waals surface area contributed by atoms with Gasteiger partial charge in [-0.3, -0.25) is 0 Å². The van der Waals surface area contributed by atoms with Gasteiger partial charge in [0.1, 0.15) is 0 Å². The lowest BCUT2D eigenvalue weighted by Crippen LogP contribution is -2.33. The molecule has 0 radical (unpaired) electrons. The Hall–Kier alpha value is -2.95. The smallest absolute Gasteiger partial charge is 0.417 e. The number of carbonyl (C=O) groups is 1. The van der Waals surface area contributed by atoms with Gasteiger partial charge in [-0.25, -0.2) is 9.89 Å². The van der Waals surface area contributed by atoms with Gasteiger partial charge in [-0.2, -0.15) is 18.2 Å². The first-order chi connectivity index (χ1) is 12.6. The van der Waals surface area contributed by atoms with Crippen LogP contribution in [0, 0.1) is 0 Å². The molecule has 0 spiro atoms. The molecule has 0 atom stereocenters. The van der Waals surface area contributed by atoms with Gasteiger partial charge in [-0.15, -0.1) is 5.10 Å². The second-order valence-corrected chi connectivity index (χ2v) is 6.16. The standard InChI is InChI=1S/C15H14ClF3N6O2/c16-10-6-8(21-13-22-12(20)23-24-13)5-9(15(17,18)19)11(10)7-1-3-25(4-2-7)14(26)27/h1,5-6H,2-4H2,(H,26,27)(H4,20,21,22,23,24). The molecule has 0 fully saturated rings. The zero-order valence-corrected chi connectivity index (χ0v) is 14.4. The lowest BCUT2D eigenvalue weighted by atomic mass is 9.94. The summed E-state index contributed by atoms with van der Waals surface area (Å²) in [5.41, 5.74) is 4.68. The highest BCUT2D eigenvalue weighted by molar-refractivity contribution is 6.32. The number of hydrogen-bond donors (Lipinski definition) is 4. The molecule has 1 aliphatic heterocycles. The molecule has 1 amide bonds. The third-order valence-electron chi connectivity index (χ3n) is 3.96. The molecular formula is C15H14ClF3N6O2. The number of H-pyrrole nitrogens is 1. The fraction of sp³-hybridized carbons (Fsp3) is 0.267. The summed E-state index contributed by atoms with van der Waals surface area (Å²) in [6.45, 7) is 0.0834. The fourth-order valence-corrected chi connectivity index (χ4v) is 3.10. The van der Waals surface area contributed by atoms with E-state index < -0.39 is 17.8 Å². The van der Waals surface area contributed by atoms with Crippen LogP contribution >= 0.6 is 11.6 Å². The molecule has 1 aromatic heterocycles. The van der Waals surface area contributed by atoms with Crippen LogP contribution in [0.1, 0.15) is 17.5 Å². The monoisotopic (exact) mass is 402 g/mol. The van der Waals surface area contributed by atoms with Crippen molar-refractivity contribution in [2.24, 2.45) is 0 Å². The van der Waals surface area contributed by atoms with E-state index in [-0.39, 0.29) is 47.7 Å². The van der Waals surface area contributed by atoms with E-state index in [1.807, 2.05) is 0 Å². The number of halogens is 4. The van der Waals surface area contributed by atoms with E-state index in [0.29, 0.717) is 5.57 Å². The lowest BCUT2D eigenvalue weighted by Gasteiger charge is -2.26. The number of nitrogens with one attached hydrogen (secondary N) is 2. The number of hydrogen-bond acceptors (Lipinski definition) is 5. The van der Waals surface area contributed by atoms with Crippen molar-refractivity contribution < 1.29 is 23.1 Å². The van der Waals surface area contributed by atoms with Crippen molar-refractivity contribution in [2.45, 2.75) is 12.6 Å². The van der Waals surface area contributed by atoms with E-state index in [2.05, 4.69) is 20.5 Å². The average molecular weight is 403 g/mol. The first kappa shape index (κ1) is 18.8. The van der Waals surface area contributed by atoms with Crippen LogP contribution in [0.4, 0.5) is 35.5 Å². The third-order valence-corrected chi connectivity index (χ3v) is 4.25. The average Bonchev–Trinajstić information content (AvgIpc) is 2.98. The van der Waals surface area contributed by atoms with E-state index in [1.54, 1.807) is 0 Å². The molecule has 0 saturated heterocycles. The molecule has 0 unspecified atom stereocenters. The van der Waals surface area contributed by atoms with Crippen LogP contribution in [0.15, 0.2) is 18.2 Å². The fourth-order valence-electron chi connectivity index (χ4n) is 2.76. The van der Waals surface area contributed by atoms with Crippen molar-refractivity contribution in [3.8, 4) is 0 Å². The van der Waals surface area contributed by atoms with Crippen LogP contribution in [-0.2, 0) is 6.18 Å². The minimum atomic E-state index is -4.67. The van der Waals surface area contributed by atoms with Gasteiger partial charge in [0, 0.05) is 24.3 Å². The molecule has 0 aliphatic carbocycles. The van der Waals surface area contributed by atoms with Gasteiger partial charge in [0.15, 0.2) is 0 Å². The Balaban J connectivity index is 2.00. The van der Waals surface area contributed by atoms with E-state index >= 15 is 0 Å². The lowest BCUT2D eigenvalue weighted by molar-refractivity contribution is -0.137. The summed E-state index contributed by atoms with van der Waals surface area (Å²) in [5, 5.41) is 17.5. The van der Waals surface area contributed by atoms with Crippen molar-refractivity contribution in [3.05, 3.63) is 34.4 Å². The maximum absolute atomic E-state index is 13.6. The minimum absolute atomic E-state index is 0.00146. The predicted octanol–water partition coefficient (Wildman–Crippen LogP) is 3.57. The van der Waals surface area contributed by atoms with Crippen LogP contribution < -0.4 is 11.1 Å². The normalized spacial score (nSPS) is 14.8. The Kier molecular flexibility index (Phi) is 4.87. The number of rotatable bonds is 3. The third kappa shape index (κ3) is 4.08. The number of anilines is 3. The molecule has 1 aromatic carbocycles. The Bertz CT molecular complexity index is 911. The largest absolute Gasteiger partial charge is 0.465 e. The zero-order chi connectivity index (χ0) is 19.8. The predicted molar refractivity (Wildman–Crippen MR) is 92.7 cm³/mol. The molecule has 5 N–H and O–H groups in total. The number of aromatic nitrogens is 3. The van der Waals surface area contributed by atoms with Crippen molar-refractivity contribution in [3.63, 3.8) is 0 Å². The zero-order valence-electron chi connectivity index (χ0n) is 13.6. The number of nitrogens with two attached hydrogens (primary N) is 1. The van der Waals surface area contributed by atoms with Gasteiger partial charge in [-0.1, -0.05) is 17.7 Å². The number of benzene rings is 1. The molecule has 12 heteroatoms. The first-order valence-corrected chi connectivity index (χ1v) is 8.06. The van der Waals surface area contributed by atoms with Gasteiger partial charge in [0.05, 0.1) is 10.6 Å². The number of nitrogen functional groups attached to an aromatic ring is 1. The van der Waals surface area contributed by atoms with Gasteiger partial charge in [0.25, 0.3) is 0 Å². The Morgan fingerprint density at radius 1 is 1.41 bits per heavy atom. The molecule has 27 heavy (non-hydrogen) atoms. The van der Waals surface area contributed by atoms with E-state index in [4.69, 9.17) is 22.4 Å². The van der Waals surface area contributed by atoms with E-state index in [9.17, 15) is 18.0 Å². The first-order valence-electron chi connectivity index (χ1n) is 7.68. The SMILES string of the molecule is Nc1nc(Nc2cc(Cl)c(C3=CCN(C(=O)O)CC3)c(C(F)(F)F)c2)n[nH]1. The molecule has 3 rings (SSSR count). The highest BCUT2D eigenvalue weighted by Gasteiger charge is 2.36. The Labute approximate surface area is 155 Å². The Morgan fingerprint density at radius 3 is 2.67 bits per heavy atom. The quantitative estimate of drug-likeness (QED) is 0.623. The van der Waals surface area contributed by atoms with Gasteiger partial charge < -0.3 is 21.1 Å². The molecule has 2 aromatic rings. The van der Waals surface area contributed by atoms with Crippen LogP contribution in [0.3, 0.4) is 0 Å². The summed E-state index contributed by atoms with van der Waals surface area (Å²) in [7, 11) is 0. The van der Waals surface area contributed by atoms with Crippen molar-refractivity contribution in [1.29, 1.82) is 0 Å². The van der Waals surface area contributed by atoms with Gasteiger partial charge in [0.2, 0.25) is 11.9 Å². The summed E-state index contributed by atoms with van der Waals surface area (Å²) in [4.78, 5) is 15.8. The summed E-state index contributed by atoms with van der Waals surface area (Å²) >= 11 is 6.16. The highest BCUT2D eigenvalue weighted by atomic mass is 35.5. The van der Waals surface area contributed by atoms with Crippen molar-refractivity contribution >= 4 is 40.9 Å². The van der Waals surface area contributed by atoms with Crippen LogP contribution in [-0.4, -0.2) is 44.4 Å². The summed E-state index contributed by atoms with van der Waals surface area (Å²) in [6.07, 6.45) is -4.23. The maximum Gasteiger partial charge on any atom is 0.417 e. The molecule has 8 nitrogen and oxygen atoms in total. The number of nitrogens with zero attached hydrogens (tertiary/aromatic N) is 3. The van der Waals surface area contributed by atoms with Crippen molar-refractivity contribution in [2.75, 3.05) is 24.1 Å². The summed E-state index contributed by atoms with van der Waals surface area (Å²) in [6, 6.07) is 2.22. The molecule has 2 heterocycles. The summed E-state index contributed by atoms with van der Waals surface area (Å²) in [5.74, 6) is 0.00466. The Morgan fingerprint density at radius 2 is 2.15 bits per heavy atom. The maximum atomic E-state index is 13.6. The highest BCUT2D eigenvalue weighted by Crippen LogP contribution is 2.42. The molecule has 0 saturated carbocycles. The number of carboxylic acid groups (broad SMARTS) is 1. The number of aromatic amines is 1. The van der Waals surface area contributed by atoms with Crippen LogP contribution in [0.5, 0.6) is 0 Å². The molecule has 144 valence electrons. The van der Waals surface area contributed by atoms with Gasteiger partial charge in [-0.05, 0) is 24.1 Å². The topological polar surface area (TPSA) is 120 Å². The molecule has 0 bridgehead atoms. The second-order valence-electron chi connectivity index (χ2n) is 5.76. The molecule has 1 aliphatic rings. The number of amides is 1. The van der Waals surface area contributed by atoms with Gasteiger partial charge >= 0.3 is 12.3 Å². The minimum Gasteiger partial charge on any atom is -0.465 e. The number of alkyl halides is 3. The summed E-state index contributed by atoms with van der Waals surface area (Å²) < 4.78 is 40.9. The van der Waals surface area contributed by atoms with Crippen LogP contribution in [0.25, 0.3) is 5.57 Å². The van der Waals surface area contributed by atoms with Crippen molar-refractivity contribution in [1.82, 2.24) is 20.1 Å². The molecular weight excluding hydrogens is 389 g/mol. The second kappa shape index (κ2) is 6.99. The van der Waals surface area contributed by atoms with Crippen LogP contribution in [0.2, 0.25) is 5.02 Å².